The Kier molecular flexibility index (Phi) is 5.35. The second kappa shape index (κ2) is 7.65. The molecule has 2 aromatic carbocycles. The highest BCUT2D eigenvalue weighted by Crippen LogP contribution is 2.31. The zero-order valence-electron chi connectivity index (χ0n) is 13.1. The van der Waals surface area contributed by atoms with Gasteiger partial charge in [-0.25, -0.2) is 0 Å². The molecule has 0 bridgehead atoms. The van der Waals surface area contributed by atoms with Gasteiger partial charge in [-0.2, -0.15) is 0 Å². The molecule has 0 amide bonds. The van der Waals surface area contributed by atoms with E-state index in [0.29, 0.717) is 22.9 Å². The Bertz CT molecular complexity index is 661. The number of rotatable bonds is 5. The van der Waals surface area contributed by atoms with E-state index in [2.05, 4.69) is 0 Å². The van der Waals surface area contributed by atoms with Gasteiger partial charge in [-0.1, -0.05) is 61.2 Å². The smallest absolute Gasteiger partial charge is 0.165 e. The van der Waals surface area contributed by atoms with Crippen LogP contribution in [0.1, 0.15) is 48.0 Å². The van der Waals surface area contributed by atoms with Crippen LogP contribution in [0.3, 0.4) is 0 Å². The van der Waals surface area contributed by atoms with Crippen LogP contribution in [-0.2, 0) is 6.61 Å². The molecule has 0 radical (unpaired) electrons. The van der Waals surface area contributed by atoms with Crippen LogP contribution in [0.15, 0.2) is 48.5 Å². The lowest BCUT2D eigenvalue weighted by atomic mass is 9.84. The van der Waals surface area contributed by atoms with Crippen molar-refractivity contribution >= 4 is 17.4 Å². The molecular formula is C20H21ClO2. The average molecular weight is 329 g/mol. The van der Waals surface area contributed by atoms with Crippen LogP contribution in [0.5, 0.6) is 5.75 Å². The van der Waals surface area contributed by atoms with Crippen LogP contribution in [0.4, 0.5) is 0 Å². The molecule has 0 aromatic heterocycles. The molecule has 1 saturated carbocycles. The predicted molar refractivity (Wildman–Crippen MR) is 93.1 cm³/mol. The molecule has 1 aliphatic rings. The summed E-state index contributed by atoms with van der Waals surface area (Å²) in [4.78, 5) is 12.5. The molecule has 2 nitrogen and oxygen atoms in total. The van der Waals surface area contributed by atoms with E-state index in [1.54, 1.807) is 12.1 Å². The number of ether oxygens (including phenoxy) is 1. The maximum atomic E-state index is 12.5. The predicted octanol–water partition coefficient (Wildman–Crippen LogP) is 5.68. The first-order valence-corrected chi connectivity index (χ1v) is 8.62. The Morgan fingerprint density at radius 3 is 2.48 bits per heavy atom. The first-order chi connectivity index (χ1) is 11.2. The number of carbonyl (C=O) groups excluding carboxylic acids is 1. The van der Waals surface area contributed by atoms with Crippen LogP contribution in [0.25, 0.3) is 0 Å². The summed E-state index contributed by atoms with van der Waals surface area (Å²) in [6, 6.07) is 15.3. The van der Waals surface area contributed by atoms with Crippen LogP contribution in [-0.4, -0.2) is 5.78 Å². The first-order valence-electron chi connectivity index (χ1n) is 8.24. The standard InChI is InChI=1S/C20H21ClO2/c21-18-13-17(20(22)16-9-5-2-6-10-16)11-12-19(18)23-14-15-7-3-1-4-8-15/h1,3-4,7-8,11-13,16H,2,5-6,9-10,14H2. The quantitative estimate of drug-likeness (QED) is 0.660. The van der Waals surface area contributed by atoms with Crippen molar-refractivity contribution in [2.24, 2.45) is 5.92 Å². The van der Waals surface area contributed by atoms with Crippen molar-refractivity contribution in [1.29, 1.82) is 0 Å². The third-order valence-electron chi connectivity index (χ3n) is 4.43. The molecule has 0 spiro atoms. The van der Waals surface area contributed by atoms with Crippen molar-refractivity contribution in [2.45, 2.75) is 38.7 Å². The molecule has 120 valence electrons. The monoisotopic (exact) mass is 328 g/mol. The van der Waals surface area contributed by atoms with Crippen molar-refractivity contribution in [3.8, 4) is 5.75 Å². The molecular weight excluding hydrogens is 308 g/mol. The zero-order valence-corrected chi connectivity index (χ0v) is 13.9. The number of hydrogen-bond donors (Lipinski definition) is 0. The second-order valence-electron chi connectivity index (χ2n) is 6.12. The number of halogens is 1. The summed E-state index contributed by atoms with van der Waals surface area (Å²) in [5.41, 5.74) is 1.79. The van der Waals surface area contributed by atoms with Gasteiger partial charge in [-0.05, 0) is 36.6 Å². The zero-order chi connectivity index (χ0) is 16.1. The number of benzene rings is 2. The average Bonchev–Trinajstić information content (AvgIpc) is 2.61. The van der Waals surface area contributed by atoms with Gasteiger partial charge in [-0.15, -0.1) is 0 Å². The van der Waals surface area contributed by atoms with Gasteiger partial charge in [0.1, 0.15) is 12.4 Å². The molecule has 1 fully saturated rings. The van der Waals surface area contributed by atoms with Gasteiger partial charge in [0.05, 0.1) is 5.02 Å². The number of hydrogen-bond acceptors (Lipinski definition) is 2. The summed E-state index contributed by atoms with van der Waals surface area (Å²) < 4.78 is 5.76. The summed E-state index contributed by atoms with van der Waals surface area (Å²) in [5, 5.41) is 0.502. The normalized spacial score (nSPS) is 15.3. The highest BCUT2D eigenvalue weighted by molar-refractivity contribution is 6.32. The van der Waals surface area contributed by atoms with E-state index >= 15 is 0 Å². The van der Waals surface area contributed by atoms with Crippen molar-refractivity contribution in [1.82, 2.24) is 0 Å². The van der Waals surface area contributed by atoms with Gasteiger partial charge in [-0.3, -0.25) is 4.79 Å². The molecule has 2 aromatic rings. The Morgan fingerprint density at radius 2 is 1.78 bits per heavy atom. The number of ketones is 1. The van der Waals surface area contributed by atoms with E-state index < -0.39 is 0 Å². The third-order valence-corrected chi connectivity index (χ3v) is 4.72. The summed E-state index contributed by atoms with van der Waals surface area (Å²) in [7, 11) is 0. The van der Waals surface area contributed by atoms with E-state index in [-0.39, 0.29) is 11.7 Å². The lowest BCUT2D eigenvalue weighted by molar-refractivity contribution is 0.0889. The Balaban J connectivity index is 1.66. The molecule has 0 heterocycles. The third kappa shape index (κ3) is 4.14. The topological polar surface area (TPSA) is 26.3 Å². The number of Topliss-reactive ketones (excluding diaryl/α,β-unsaturated/α-hetero) is 1. The maximum Gasteiger partial charge on any atom is 0.165 e. The van der Waals surface area contributed by atoms with Crippen molar-refractivity contribution < 1.29 is 9.53 Å². The molecule has 1 aliphatic carbocycles. The second-order valence-corrected chi connectivity index (χ2v) is 6.53. The van der Waals surface area contributed by atoms with E-state index in [4.69, 9.17) is 16.3 Å². The summed E-state index contributed by atoms with van der Waals surface area (Å²) in [6.07, 6.45) is 5.56. The Labute approximate surface area is 142 Å². The fourth-order valence-corrected chi connectivity index (χ4v) is 3.34. The highest BCUT2D eigenvalue weighted by Gasteiger charge is 2.22. The lowest BCUT2D eigenvalue weighted by Gasteiger charge is -2.20. The summed E-state index contributed by atoms with van der Waals surface area (Å²) >= 11 is 6.30. The minimum Gasteiger partial charge on any atom is -0.487 e. The van der Waals surface area contributed by atoms with Crippen molar-refractivity contribution in [3.63, 3.8) is 0 Å². The van der Waals surface area contributed by atoms with Gasteiger partial charge < -0.3 is 4.74 Å². The van der Waals surface area contributed by atoms with E-state index in [1.807, 2.05) is 36.4 Å². The summed E-state index contributed by atoms with van der Waals surface area (Å²) in [5.74, 6) is 1.01. The number of carbonyl (C=O) groups is 1. The van der Waals surface area contributed by atoms with Crippen molar-refractivity contribution in [2.75, 3.05) is 0 Å². The molecule has 0 unspecified atom stereocenters. The van der Waals surface area contributed by atoms with Crippen LogP contribution in [0, 0.1) is 5.92 Å². The fraction of sp³-hybridized carbons (Fsp3) is 0.350. The molecule has 0 aliphatic heterocycles. The van der Waals surface area contributed by atoms with Crippen molar-refractivity contribution in [3.05, 3.63) is 64.7 Å². The van der Waals surface area contributed by atoms with Gasteiger partial charge in [0.2, 0.25) is 0 Å². The van der Waals surface area contributed by atoms with Crippen LogP contribution >= 0.6 is 11.6 Å². The maximum absolute atomic E-state index is 12.5. The van der Waals surface area contributed by atoms with Crippen LogP contribution in [0.2, 0.25) is 5.02 Å². The molecule has 0 N–H and O–H groups in total. The van der Waals surface area contributed by atoms with Gasteiger partial charge in [0, 0.05) is 11.5 Å². The van der Waals surface area contributed by atoms with Gasteiger partial charge in [0.15, 0.2) is 5.78 Å². The van der Waals surface area contributed by atoms with E-state index in [1.165, 1.54) is 6.42 Å². The first kappa shape index (κ1) is 16.1. The largest absolute Gasteiger partial charge is 0.487 e. The minimum absolute atomic E-state index is 0.163. The Hall–Kier alpha value is -1.80. The Morgan fingerprint density at radius 1 is 1.04 bits per heavy atom. The fourth-order valence-electron chi connectivity index (χ4n) is 3.11. The van der Waals surface area contributed by atoms with Gasteiger partial charge >= 0.3 is 0 Å². The van der Waals surface area contributed by atoms with Gasteiger partial charge in [0.25, 0.3) is 0 Å². The minimum atomic E-state index is 0.163. The molecule has 3 rings (SSSR count). The van der Waals surface area contributed by atoms with E-state index in [0.717, 1.165) is 31.2 Å². The molecule has 0 saturated heterocycles. The van der Waals surface area contributed by atoms with Crippen LogP contribution < -0.4 is 4.74 Å². The summed E-state index contributed by atoms with van der Waals surface area (Å²) in [6.45, 7) is 0.469. The SMILES string of the molecule is O=C(c1ccc(OCc2ccccc2)c(Cl)c1)C1CCCCC1. The molecule has 23 heavy (non-hydrogen) atoms. The van der Waals surface area contributed by atoms with E-state index in [9.17, 15) is 4.79 Å². The lowest BCUT2D eigenvalue weighted by Crippen LogP contribution is -2.17. The highest BCUT2D eigenvalue weighted by atomic mass is 35.5. The molecule has 0 atom stereocenters. The molecule has 3 heteroatoms.